The number of sulfonamides is 1. The normalized spacial score (nSPS) is 13.0. The molecule has 1 rings (SSSR count). The number of hydrogen-bond acceptors (Lipinski definition) is 3. The zero-order chi connectivity index (χ0) is 16.9. The molecule has 5 nitrogen and oxygen atoms in total. The maximum Gasteiger partial charge on any atom is 0.240 e. The molecule has 1 atom stereocenters. The van der Waals surface area contributed by atoms with Crippen LogP contribution in [0.4, 0.5) is 5.69 Å². The van der Waals surface area contributed by atoms with E-state index in [1.54, 1.807) is 12.1 Å². The molecular formula is C16H26N2O3S. The van der Waals surface area contributed by atoms with Crippen LogP contribution in [0.25, 0.3) is 0 Å². The third-order valence-electron chi connectivity index (χ3n) is 3.72. The number of benzene rings is 1. The van der Waals surface area contributed by atoms with E-state index in [9.17, 15) is 13.2 Å². The van der Waals surface area contributed by atoms with Gasteiger partial charge in [0.05, 0.1) is 11.9 Å². The van der Waals surface area contributed by atoms with Crippen molar-refractivity contribution in [3.05, 3.63) is 29.8 Å². The van der Waals surface area contributed by atoms with Crippen molar-refractivity contribution in [2.24, 2.45) is 5.92 Å². The standard InChI is InChI=1S/C16H26N2O3S/c1-6-14-9-7-8-10-15(14)18(22(5,20)21)11-16(19)17-13(4)12(2)3/h7-10,12-13H,6,11H2,1-5H3,(H,17,19)/t13-/m1/s1. The largest absolute Gasteiger partial charge is 0.352 e. The summed E-state index contributed by atoms with van der Waals surface area (Å²) in [5.41, 5.74) is 1.47. The maximum atomic E-state index is 12.2. The Morgan fingerprint density at radius 3 is 2.32 bits per heavy atom. The van der Waals surface area contributed by atoms with E-state index in [2.05, 4.69) is 5.32 Å². The van der Waals surface area contributed by atoms with Crippen molar-refractivity contribution in [1.82, 2.24) is 5.32 Å². The molecule has 0 unspecified atom stereocenters. The highest BCUT2D eigenvalue weighted by atomic mass is 32.2. The number of anilines is 1. The fourth-order valence-corrected chi connectivity index (χ4v) is 2.92. The van der Waals surface area contributed by atoms with Crippen LogP contribution in [-0.4, -0.2) is 33.2 Å². The van der Waals surface area contributed by atoms with Gasteiger partial charge in [0.1, 0.15) is 6.54 Å². The third kappa shape index (κ3) is 5.02. The van der Waals surface area contributed by atoms with Crippen LogP contribution in [0.15, 0.2) is 24.3 Å². The maximum absolute atomic E-state index is 12.2. The number of carbonyl (C=O) groups excluding carboxylic acids is 1. The molecule has 6 heteroatoms. The minimum Gasteiger partial charge on any atom is -0.352 e. The first-order chi connectivity index (χ1) is 10.2. The number of nitrogens with one attached hydrogen (secondary N) is 1. The first-order valence-corrected chi connectivity index (χ1v) is 9.36. The molecule has 0 heterocycles. The molecule has 0 radical (unpaired) electrons. The van der Waals surface area contributed by atoms with Crippen molar-refractivity contribution in [3.8, 4) is 0 Å². The fraction of sp³-hybridized carbons (Fsp3) is 0.562. The van der Waals surface area contributed by atoms with Gasteiger partial charge in [-0.05, 0) is 30.9 Å². The van der Waals surface area contributed by atoms with Crippen LogP contribution < -0.4 is 9.62 Å². The molecule has 1 aromatic rings. The van der Waals surface area contributed by atoms with E-state index in [4.69, 9.17) is 0 Å². The molecule has 124 valence electrons. The second-order valence-corrected chi connectivity index (χ2v) is 7.76. The van der Waals surface area contributed by atoms with Gasteiger partial charge >= 0.3 is 0 Å². The molecule has 0 aliphatic rings. The minimum atomic E-state index is -3.53. The summed E-state index contributed by atoms with van der Waals surface area (Å²) in [5.74, 6) is -0.00362. The topological polar surface area (TPSA) is 66.5 Å². The average Bonchev–Trinajstić information content (AvgIpc) is 2.43. The molecule has 0 aromatic heterocycles. The fourth-order valence-electron chi connectivity index (χ4n) is 2.03. The molecule has 0 saturated heterocycles. The number of rotatable bonds is 7. The highest BCUT2D eigenvalue weighted by molar-refractivity contribution is 7.92. The van der Waals surface area contributed by atoms with E-state index in [1.807, 2.05) is 39.8 Å². The predicted molar refractivity (Wildman–Crippen MR) is 90.5 cm³/mol. The molecule has 0 saturated carbocycles. The number of hydrogen-bond donors (Lipinski definition) is 1. The smallest absolute Gasteiger partial charge is 0.240 e. The van der Waals surface area contributed by atoms with E-state index in [-0.39, 0.29) is 18.5 Å². The summed E-state index contributed by atoms with van der Waals surface area (Å²) in [7, 11) is -3.53. The third-order valence-corrected chi connectivity index (χ3v) is 4.84. The van der Waals surface area contributed by atoms with Crippen LogP contribution >= 0.6 is 0 Å². The number of carbonyl (C=O) groups is 1. The Labute approximate surface area is 133 Å². The Morgan fingerprint density at radius 1 is 1.23 bits per heavy atom. The molecule has 0 aliphatic heterocycles. The van der Waals surface area contributed by atoms with Gasteiger partial charge in [-0.15, -0.1) is 0 Å². The summed E-state index contributed by atoms with van der Waals surface area (Å²) in [5, 5.41) is 2.84. The van der Waals surface area contributed by atoms with Crippen LogP contribution in [0.2, 0.25) is 0 Å². The summed E-state index contributed by atoms with van der Waals surface area (Å²) in [6.45, 7) is 7.68. The van der Waals surface area contributed by atoms with Crippen LogP contribution in [0.5, 0.6) is 0 Å². The lowest BCUT2D eigenvalue weighted by molar-refractivity contribution is -0.120. The van der Waals surface area contributed by atoms with Crippen molar-refractivity contribution in [2.45, 2.75) is 40.2 Å². The highest BCUT2D eigenvalue weighted by Crippen LogP contribution is 2.23. The van der Waals surface area contributed by atoms with E-state index in [1.165, 1.54) is 4.31 Å². The molecule has 0 bridgehead atoms. The van der Waals surface area contributed by atoms with Crippen LogP contribution in [-0.2, 0) is 21.2 Å². The van der Waals surface area contributed by atoms with Gasteiger partial charge in [0, 0.05) is 6.04 Å². The van der Waals surface area contributed by atoms with Gasteiger partial charge in [-0.1, -0.05) is 39.0 Å². The zero-order valence-electron chi connectivity index (χ0n) is 14.0. The molecular weight excluding hydrogens is 300 g/mol. The number of nitrogens with zero attached hydrogens (tertiary/aromatic N) is 1. The SMILES string of the molecule is CCc1ccccc1N(CC(=O)N[C@H](C)C(C)C)S(C)(=O)=O. The Hall–Kier alpha value is -1.56. The van der Waals surface area contributed by atoms with Gasteiger partial charge in [0.2, 0.25) is 15.9 Å². The molecule has 1 N–H and O–H groups in total. The number of aryl methyl sites for hydroxylation is 1. The van der Waals surface area contributed by atoms with Crippen LogP contribution in [0.3, 0.4) is 0 Å². The molecule has 0 fully saturated rings. The van der Waals surface area contributed by atoms with Gasteiger partial charge < -0.3 is 5.32 Å². The average molecular weight is 326 g/mol. The lowest BCUT2D eigenvalue weighted by Gasteiger charge is -2.25. The Kier molecular flexibility index (Phi) is 6.41. The van der Waals surface area contributed by atoms with Gasteiger partial charge in [0.25, 0.3) is 0 Å². The summed E-state index contributed by atoms with van der Waals surface area (Å²) >= 11 is 0. The first kappa shape index (κ1) is 18.5. The Morgan fingerprint density at radius 2 is 1.82 bits per heavy atom. The molecule has 1 amide bonds. The summed E-state index contributed by atoms with van der Waals surface area (Å²) in [4.78, 5) is 12.2. The van der Waals surface area contributed by atoms with E-state index < -0.39 is 10.0 Å². The molecule has 0 spiro atoms. The second kappa shape index (κ2) is 7.63. The van der Waals surface area contributed by atoms with Crippen molar-refractivity contribution in [2.75, 3.05) is 17.1 Å². The van der Waals surface area contributed by atoms with E-state index in [0.29, 0.717) is 18.0 Å². The molecule has 22 heavy (non-hydrogen) atoms. The lowest BCUT2D eigenvalue weighted by atomic mass is 10.1. The van der Waals surface area contributed by atoms with Gasteiger partial charge in [-0.2, -0.15) is 0 Å². The number of para-hydroxylation sites is 1. The summed E-state index contributed by atoms with van der Waals surface area (Å²) < 4.78 is 25.4. The van der Waals surface area contributed by atoms with Crippen LogP contribution in [0, 0.1) is 5.92 Å². The van der Waals surface area contributed by atoms with E-state index >= 15 is 0 Å². The quantitative estimate of drug-likeness (QED) is 0.835. The Bertz CT molecular complexity index is 612. The molecule has 1 aromatic carbocycles. The van der Waals surface area contributed by atoms with E-state index in [0.717, 1.165) is 11.8 Å². The monoisotopic (exact) mass is 326 g/mol. The Balaban J connectivity index is 3.04. The van der Waals surface area contributed by atoms with Crippen molar-refractivity contribution >= 4 is 21.6 Å². The lowest BCUT2D eigenvalue weighted by Crippen LogP contribution is -2.44. The highest BCUT2D eigenvalue weighted by Gasteiger charge is 2.23. The van der Waals surface area contributed by atoms with Crippen LogP contribution in [0.1, 0.15) is 33.3 Å². The van der Waals surface area contributed by atoms with Crippen molar-refractivity contribution < 1.29 is 13.2 Å². The second-order valence-electron chi connectivity index (χ2n) is 5.85. The predicted octanol–water partition coefficient (Wildman–Crippen LogP) is 2.18. The minimum absolute atomic E-state index is 0.00432. The summed E-state index contributed by atoms with van der Waals surface area (Å²) in [6.07, 6.45) is 1.82. The van der Waals surface area contributed by atoms with Crippen molar-refractivity contribution in [1.29, 1.82) is 0 Å². The van der Waals surface area contributed by atoms with Gasteiger partial charge in [-0.3, -0.25) is 9.10 Å². The molecule has 0 aliphatic carbocycles. The van der Waals surface area contributed by atoms with Gasteiger partial charge in [0.15, 0.2) is 0 Å². The first-order valence-electron chi connectivity index (χ1n) is 7.51. The number of amides is 1. The zero-order valence-corrected chi connectivity index (χ0v) is 14.8. The van der Waals surface area contributed by atoms with Crippen molar-refractivity contribution in [3.63, 3.8) is 0 Å². The van der Waals surface area contributed by atoms with Gasteiger partial charge in [-0.25, -0.2) is 8.42 Å². The summed E-state index contributed by atoms with van der Waals surface area (Å²) in [6, 6.07) is 7.25.